The SMILES string of the molecule is CCCCCCCC(CCCCCCC)N1CCCC1. The first-order chi connectivity index (χ1) is 9.88. The fraction of sp³-hybridized carbons (Fsp3) is 1.00. The van der Waals surface area contributed by atoms with Gasteiger partial charge in [0.2, 0.25) is 0 Å². The van der Waals surface area contributed by atoms with Crippen LogP contribution in [-0.4, -0.2) is 24.0 Å². The van der Waals surface area contributed by atoms with Crippen molar-refractivity contribution in [2.45, 2.75) is 110 Å². The first kappa shape index (κ1) is 18.0. The van der Waals surface area contributed by atoms with Gasteiger partial charge >= 0.3 is 0 Å². The van der Waals surface area contributed by atoms with Crippen LogP contribution >= 0.6 is 0 Å². The summed E-state index contributed by atoms with van der Waals surface area (Å²) in [6.07, 6.45) is 20.2. The van der Waals surface area contributed by atoms with E-state index in [9.17, 15) is 0 Å². The lowest BCUT2D eigenvalue weighted by atomic mass is 9.99. The Morgan fingerprint density at radius 3 is 1.55 bits per heavy atom. The van der Waals surface area contributed by atoms with Crippen molar-refractivity contribution in [3.05, 3.63) is 0 Å². The Labute approximate surface area is 128 Å². The van der Waals surface area contributed by atoms with E-state index < -0.39 is 0 Å². The van der Waals surface area contributed by atoms with Crippen LogP contribution in [-0.2, 0) is 0 Å². The highest BCUT2D eigenvalue weighted by Crippen LogP contribution is 2.22. The molecule has 0 amide bonds. The highest BCUT2D eigenvalue weighted by Gasteiger charge is 2.20. The van der Waals surface area contributed by atoms with Gasteiger partial charge in [-0.3, -0.25) is 0 Å². The fourth-order valence-electron chi connectivity index (χ4n) is 3.58. The summed E-state index contributed by atoms with van der Waals surface area (Å²) in [5.41, 5.74) is 0. The van der Waals surface area contributed by atoms with Gasteiger partial charge in [-0.25, -0.2) is 0 Å². The number of rotatable bonds is 13. The van der Waals surface area contributed by atoms with E-state index in [-0.39, 0.29) is 0 Å². The molecule has 0 unspecified atom stereocenters. The van der Waals surface area contributed by atoms with Gasteiger partial charge in [0.1, 0.15) is 0 Å². The molecule has 0 aromatic heterocycles. The Bertz CT molecular complexity index is 182. The number of hydrogen-bond donors (Lipinski definition) is 0. The summed E-state index contributed by atoms with van der Waals surface area (Å²) in [5.74, 6) is 0. The monoisotopic (exact) mass is 281 g/mol. The van der Waals surface area contributed by atoms with Gasteiger partial charge in [0.15, 0.2) is 0 Å². The van der Waals surface area contributed by atoms with E-state index in [0.29, 0.717) is 0 Å². The quantitative estimate of drug-likeness (QED) is 0.365. The van der Waals surface area contributed by atoms with E-state index >= 15 is 0 Å². The van der Waals surface area contributed by atoms with Crippen molar-refractivity contribution in [1.29, 1.82) is 0 Å². The number of hydrogen-bond acceptors (Lipinski definition) is 1. The molecule has 0 bridgehead atoms. The zero-order valence-corrected chi connectivity index (χ0v) is 14.3. The van der Waals surface area contributed by atoms with E-state index in [1.165, 1.54) is 103 Å². The molecule has 1 nitrogen and oxygen atoms in total. The molecule has 0 aromatic carbocycles. The minimum Gasteiger partial charge on any atom is -0.300 e. The molecule has 1 heteroatoms. The predicted molar refractivity (Wildman–Crippen MR) is 91.3 cm³/mol. The highest BCUT2D eigenvalue weighted by molar-refractivity contribution is 4.76. The lowest BCUT2D eigenvalue weighted by molar-refractivity contribution is 0.209. The molecular formula is C19H39N. The van der Waals surface area contributed by atoms with Crippen LogP contribution in [0.25, 0.3) is 0 Å². The Morgan fingerprint density at radius 1 is 0.650 bits per heavy atom. The van der Waals surface area contributed by atoms with Crippen LogP contribution in [0.4, 0.5) is 0 Å². The zero-order valence-electron chi connectivity index (χ0n) is 14.3. The summed E-state index contributed by atoms with van der Waals surface area (Å²) in [6.45, 7) is 7.38. The third kappa shape index (κ3) is 8.29. The number of likely N-dealkylation sites (tertiary alicyclic amines) is 1. The molecule has 0 aromatic rings. The van der Waals surface area contributed by atoms with Gasteiger partial charge in [0, 0.05) is 6.04 Å². The Morgan fingerprint density at radius 2 is 1.10 bits per heavy atom. The van der Waals surface area contributed by atoms with Gasteiger partial charge < -0.3 is 4.90 Å². The lowest BCUT2D eigenvalue weighted by Crippen LogP contribution is -2.32. The lowest BCUT2D eigenvalue weighted by Gasteiger charge is -2.27. The van der Waals surface area contributed by atoms with Crippen LogP contribution in [0, 0.1) is 0 Å². The molecule has 0 spiro atoms. The van der Waals surface area contributed by atoms with E-state index in [4.69, 9.17) is 0 Å². The second-order valence-corrected chi connectivity index (χ2v) is 6.80. The van der Waals surface area contributed by atoms with Crippen molar-refractivity contribution >= 4 is 0 Å². The van der Waals surface area contributed by atoms with E-state index in [1.54, 1.807) is 0 Å². The standard InChI is InChI=1S/C19H39N/c1-3-5-7-9-11-15-19(20-17-13-14-18-20)16-12-10-8-6-4-2/h19H,3-18H2,1-2H3. The maximum Gasteiger partial charge on any atom is 0.00952 e. The zero-order chi connectivity index (χ0) is 14.5. The van der Waals surface area contributed by atoms with Crippen LogP contribution in [0.2, 0.25) is 0 Å². The largest absolute Gasteiger partial charge is 0.300 e. The average Bonchev–Trinajstić information content (AvgIpc) is 2.98. The van der Waals surface area contributed by atoms with Crippen LogP contribution in [0.15, 0.2) is 0 Å². The third-order valence-corrected chi connectivity index (χ3v) is 4.94. The second kappa shape index (κ2) is 12.7. The summed E-state index contributed by atoms with van der Waals surface area (Å²) in [7, 11) is 0. The molecule has 1 rings (SSSR count). The summed E-state index contributed by atoms with van der Waals surface area (Å²) < 4.78 is 0. The van der Waals surface area contributed by atoms with E-state index in [2.05, 4.69) is 18.7 Å². The Kier molecular flexibility index (Phi) is 11.4. The second-order valence-electron chi connectivity index (χ2n) is 6.80. The maximum atomic E-state index is 2.81. The molecule has 1 saturated heterocycles. The molecule has 120 valence electrons. The van der Waals surface area contributed by atoms with Crippen LogP contribution in [0.3, 0.4) is 0 Å². The third-order valence-electron chi connectivity index (χ3n) is 4.94. The molecule has 20 heavy (non-hydrogen) atoms. The van der Waals surface area contributed by atoms with Crippen molar-refractivity contribution in [3.63, 3.8) is 0 Å². The number of nitrogens with zero attached hydrogens (tertiary/aromatic N) is 1. The van der Waals surface area contributed by atoms with Gasteiger partial charge in [0.25, 0.3) is 0 Å². The van der Waals surface area contributed by atoms with E-state index in [0.717, 1.165) is 6.04 Å². The van der Waals surface area contributed by atoms with Gasteiger partial charge in [-0.2, -0.15) is 0 Å². The first-order valence-electron chi connectivity index (χ1n) is 9.62. The molecule has 0 atom stereocenters. The molecule has 0 radical (unpaired) electrons. The van der Waals surface area contributed by atoms with Crippen molar-refractivity contribution in [3.8, 4) is 0 Å². The van der Waals surface area contributed by atoms with Crippen LogP contribution < -0.4 is 0 Å². The molecular weight excluding hydrogens is 242 g/mol. The topological polar surface area (TPSA) is 3.24 Å². The summed E-state index contributed by atoms with van der Waals surface area (Å²) in [6, 6.07) is 0.917. The molecule has 0 saturated carbocycles. The minimum absolute atomic E-state index is 0.917. The molecule has 1 aliphatic heterocycles. The molecule has 0 N–H and O–H groups in total. The first-order valence-corrected chi connectivity index (χ1v) is 9.62. The van der Waals surface area contributed by atoms with Crippen molar-refractivity contribution < 1.29 is 0 Å². The van der Waals surface area contributed by atoms with Crippen molar-refractivity contribution in [2.75, 3.05) is 13.1 Å². The molecule has 1 heterocycles. The fourth-order valence-corrected chi connectivity index (χ4v) is 3.58. The number of unbranched alkanes of at least 4 members (excludes halogenated alkanes) is 8. The van der Waals surface area contributed by atoms with Crippen molar-refractivity contribution in [1.82, 2.24) is 4.90 Å². The predicted octanol–water partition coefficient (Wildman–Crippen LogP) is 6.17. The van der Waals surface area contributed by atoms with Crippen LogP contribution in [0.1, 0.15) is 104 Å². The maximum absolute atomic E-state index is 2.81. The van der Waals surface area contributed by atoms with Gasteiger partial charge in [0.05, 0.1) is 0 Å². The normalized spacial score (nSPS) is 16.4. The minimum atomic E-state index is 0.917. The molecule has 0 aliphatic carbocycles. The van der Waals surface area contributed by atoms with E-state index in [1.807, 2.05) is 0 Å². The van der Waals surface area contributed by atoms with Crippen molar-refractivity contribution in [2.24, 2.45) is 0 Å². The van der Waals surface area contributed by atoms with Gasteiger partial charge in [-0.05, 0) is 38.8 Å². The summed E-state index contributed by atoms with van der Waals surface area (Å²) in [5, 5.41) is 0. The Balaban J connectivity index is 2.14. The Hall–Kier alpha value is -0.0400. The average molecular weight is 282 g/mol. The van der Waals surface area contributed by atoms with Crippen LogP contribution in [0.5, 0.6) is 0 Å². The summed E-state index contributed by atoms with van der Waals surface area (Å²) >= 11 is 0. The van der Waals surface area contributed by atoms with Gasteiger partial charge in [-0.15, -0.1) is 0 Å². The molecule has 1 fully saturated rings. The molecule has 1 aliphatic rings. The summed E-state index contributed by atoms with van der Waals surface area (Å²) in [4.78, 5) is 2.81. The smallest absolute Gasteiger partial charge is 0.00952 e. The van der Waals surface area contributed by atoms with Gasteiger partial charge in [-0.1, -0.05) is 78.1 Å². The highest BCUT2D eigenvalue weighted by atomic mass is 15.2.